The number of halogens is 1. The highest BCUT2D eigenvalue weighted by Gasteiger charge is 2.15. The molecular formula is C19H11ClN2O6. The van der Waals surface area contributed by atoms with Crippen LogP contribution in [0.25, 0.3) is 17.4 Å². The average molecular weight is 399 g/mol. The molecule has 3 rings (SSSR count). The van der Waals surface area contributed by atoms with Gasteiger partial charge in [0.05, 0.1) is 9.85 Å². The fourth-order valence-electron chi connectivity index (χ4n) is 2.43. The molecule has 8 nitrogen and oxygen atoms in total. The van der Waals surface area contributed by atoms with Crippen molar-refractivity contribution in [1.29, 1.82) is 0 Å². The quantitative estimate of drug-likeness (QED) is 0.240. The van der Waals surface area contributed by atoms with Crippen LogP contribution in [-0.2, 0) is 0 Å². The first-order valence-corrected chi connectivity index (χ1v) is 8.24. The van der Waals surface area contributed by atoms with Gasteiger partial charge in [0.1, 0.15) is 16.5 Å². The van der Waals surface area contributed by atoms with Gasteiger partial charge in [-0.3, -0.25) is 25.0 Å². The Morgan fingerprint density at radius 2 is 1.79 bits per heavy atom. The number of nitro benzene ring substituents is 2. The number of benzene rings is 2. The molecule has 3 aromatic rings. The van der Waals surface area contributed by atoms with Crippen molar-refractivity contribution < 1.29 is 19.1 Å². The van der Waals surface area contributed by atoms with Crippen LogP contribution in [0.2, 0.25) is 5.02 Å². The van der Waals surface area contributed by atoms with Crippen molar-refractivity contribution in [3.05, 3.63) is 97.2 Å². The molecule has 1 aromatic heterocycles. The van der Waals surface area contributed by atoms with Gasteiger partial charge < -0.3 is 4.42 Å². The molecule has 0 spiro atoms. The second-order valence-electron chi connectivity index (χ2n) is 5.63. The molecule has 0 saturated heterocycles. The summed E-state index contributed by atoms with van der Waals surface area (Å²) in [6.45, 7) is 0. The van der Waals surface area contributed by atoms with Crippen molar-refractivity contribution in [2.75, 3.05) is 0 Å². The molecule has 0 radical (unpaired) electrons. The summed E-state index contributed by atoms with van der Waals surface area (Å²) in [4.78, 5) is 32.8. The van der Waals surface area contributed by atoms with E-state index in [9.17, 15) is 25.0 Å². The molecule has 0 atom stereocenters. The number of nitrogens with zero attached hydrogens (tertiary/aromatic N) is 2. The largest absolute Gasteiger partial charge is 0.457 e. The first kappa shape index (κ1) is 19.0. The highest BCUT2D eigenvalue weighted by Crippen LogP contribution is 2.27. The third kappa shape index (κ3) is 4.13. The van der Waals surface area contributed by atoms with Gasteiger partial charge in [-0.1, -0.05) is 23.7 Å². The van der Waals surface area contributed by atoms with Gasteiger partial charge >= 0.3 is 0 Å². The molecule has 0 fully saturated rings. The van der Waals surface area contributed by atoms with Crippen LogP contribution in [0.3, 0.4) is 0 Å². The molecular weight excluding hydrogens is 388 g/mol. The van der Waals surface area contributed by atoms with Crippen LogP contribution in [0.1, 0.15) is 16.1 Å². The van der Waals surface area contributed by atoms with Crippen LogP contribution in [-0.4, -0.2) is 15.6 Å². The van der Waals surface area contributed by atoms with Crippen LogP contribution < -0.4 is 0 Å². The minimum absolute atomic E-state index is 0.0573. The Morgan fingerprint density at radius 3 is 2.50 bits per heavy atom. The van der Waals surface area contributed by atoms with E-state index >= 15 is 0 Å². The van der Waals surface area contributed by atoms with E-state index in [-0.39, 0.29) is 22.0 Å². The predicted molar refractivity (Wildman–Crippen MR) is 102 cm³/mol. The Bertz CT molecular complexity index is 1120. The molecule has 0 unspecified atom stereocenters. The van der Waals surface area contributed by atoms with E-state index in [1.807, 2.05) is 0 Å². The van der Waals surface area contributed by atoms with Gasteiger partial charge in [0.25, 0.3) is 11.4 Å². The Balaban J connectivity index is 1.80. The lowest BCUT2D eigenvalue weighted by atomic mass is 10.1. The molecule has 140 valence electrons. The molecule has 0 aliphatic rings. The molecule has 28 heavy (non-hydrogen) atoms. The number of hydrogen-bond acceptors (Lipinski definition) is 6. The maximum absolute atomic E-state index is 12.2. The van der Waals surface area contributed by atoms with Crippen LogP contribution in [0.15, 0.2) is 65.1 Å². The fourth-order valence-corrected chi connectivity index (χ4v) is 2.62. The van der Waals surface area contributed by atoms with E-state index in [1.165, 1.54) is 36.4 Å². The van der Waals surface area contributed by atoms with Crippen LogP contribution in [0.4, 0.5) is 11.4 Å². The van der Waals surface area contributed by atoms with E-state index in [0.717, 1.165) is 6.07 Å². The first-order chi connectivity index (χ1) is 13.3. The Hall–Kier alpha value is -3.78. The molecule has 9 heteroatoms. The molecule has 0 bridgehead atoms. The number of furan rings is 1. The number of rotatable bonds is 6. The van der Waals surface area contributed by atoms with E-state index in [0.29, 0.717) is 17.1 Å². The number of hydrogen-bond donors (Lipinski definition) is 0. The van der Waals surface area contributed by atoms with Crippen molar-refractivity contribution in [1.82, 2.24) is 0 Å². The van der Waals surface area contributed by atoms with Gasteiger partial charge in [-0.05, 0) is 36.4 Å². The van der Waals surface area contributed by atoms with Gasteiger partial charge in [0, 0.05) is 29.3 Å². The monoisotopic (exact) mass is 398 g/mol. The number of non-ortho nitro benzene ring substituents is 1. The maximum atomic E-state index is 12.2. The zero-order chi connectivity index (χ0) is 20.3. The number of nitro groups is 2. The minimum Gasteiger partial charge on any atom is -0.457 e. The lowest BCUT2D eigenvalue weighted by Gasteiger charge is -1.98. The molecule has 0 aliphatic carbocycles. The van der Waals surface area contributed by atoms with Crippen LogP contribution >= 0.6 is 11.6 Å². The topological polar surface area (TPSA) is 116 Å². The molecule has 0 N–H and O–H groups in total. The summed E-state index contributed by atoms with van der Waals surface area (Å²) in [7, 11) is 0. The SMILES string of the molecule is O=C(C=Cc1ccc(-c2cccc([N+](=O)[O-])c2)o1)c1ccc(Cl)c([N+](=O)[O-])c1. The maximum Gasteiger partial charge on any atom is 0.288 e. The number of carbonyl (C=O) groups is 1. The molecule has 1 heterocycles. The smallest absolute Gasteiger partial charge is 0.288 e. The van der Waals surface area contributed by atoms with Gasteiger partial charge in [-0.25, -0.2) is 0 Å². The zero-order valence-corrected chi connectivity index (χ0v) is 14.8. The number of ketones is 1. The van der Waals surface area contributed by atoms with Gasteiger partial charge in [0.2, 0.25) is 0 Å². The molecule has 0 saturated carbocycles. The molecule has 0 aliphatic heterocycles. The summed E-state index contributed by atoms with van der Waals surface area (Å²) in [5, 5.41) is 21.7. The Labute approximate surface area is 163 Å². The molecule has 0 amide bonds. The summed E-state index contributed by atoms with van der Waals surface area (Å²) in [5.74, 6) is 0.282. The van der Waals surface area contributed by atoms with Crippen molar-refractivity contribution in [3.8, 4) is 11.3 Å². The van der Waals surface area contributed by atoms with Gasteiger partial charge in [-0.2, -0.15) is 0 Å². The fraction of sp³-hybridized carbons (Fsp3) is 0. The van der Waals surface area contributed by atoms with Gasteiger partial charge in [0.15, 0.2) is 5.78 Å². The molecule has 2 aromatic carbocycles. The lowest BCUT2D eigenvalue weighted by Crippen LogP contribution is -1.97. The first-order valence-electron chi connectivity index (χ1n) is 7.86. The second kappa shape index (κ2) is 7.85. The van der Waals surface area contributed by atoms with Crippen LogP contribution in [0.5, 0.6) is 0 Å². The second-order valence-corrected chi connectivity index (χ2v) is 6.04. The Morgan fingerprint density at radius 1 is 1.00 bits per heavy atom. The minimum atomic E-state index is -0.666. The van der Waals surface area contributed by atoms with Crippen molar-refractivity contribution in [2.45, 2.75) is 0 Å². The Kier molecular flexibility index (Phi) is 5.32. The van der Waals surface area contributed by atoms with Crippen molar-refractivity contribution in [2.24, 2.45) is 0 Å². The zero-order valence-electron chi connectivity index (χ0n) is 14.1. The normalized spacial score (nSPS) is 10.9. The number of carbonyl (C=O) groups excluding carboxylic acids is 1. The lowest BCUT2D eigenvalue weighted by molar-refractivity contribution is -0.384. The summed E-state index contributed by atoms with van der Waals surface area (Å²) in [6, 6.07) is 13.0. The highest BCUT2D eigenvalue weighted by atomic mass is 35.5. The van der Waals surface area contributed by atoms with E-state index in [4.69, 9.17) is 16.0 Å². The van der Waals surface area contributed by atoms with Gasteiger partial charge in [-0.15, -0.1) is 0 Å². The van der Waals surface area contributed by atoms with E-state index in [1.54, 1.807) is 24.3 Å². The summed E-state index contributed by atoms with van der Waals surface area (Å²) >= 11 is 5.73. The summed E-state index contributed by atoms with van der Waals surface area (Å²) in [5.41, 5.74) is 0.212. The highest BCUT2D eigenvalue weighted by molar-refractivity contribution is 6.32. The number of allylic oxidation sites excluding steroid dienone is 1. The third-order valence-corrected chi connectivity index (χ3v) is 4.11. The predicted octanol–water partition coefficient (Wildman–Crippen LogP) is 5.31. The summed E-state index contributed by atoms with van der Waals surface area (Å²) < 4.78 is 5.58. The summed E-state index contributed by atoms with van der Waals surface area (Å²) in [6.07, 6.45) is 2.62. The standard InChI is InChI=1S/C19H11ClN2O6/c20-16-7-4-12(11-17(16)22(26)27)18(23)8-5-15-6-9-19(28-15)13-2-1-3-14(10-13)21(24)25/h1-11H. The van der Waals surface area contributed by atoms with E-state index < -0.39 is 15.6 Å². The van der Waals surface area contributed by atoms with E-state index in [2.05, 4.69) is 0 Å². The van der Waals surface area contributed by atoms with Crippen molar-refractivity contribution >= 4 is 34.8 Å². The average Bonchev–Trinajstić information content (AvgIpc) is 3.15. The van der Waals surface area contributed by atoms with Crippen molar-refractivity contribution in [3.63, 3.8) is 0 Å². The third-order valence-electron chi connectivity index (χ3n) is 3.79. The van der Waals surface area contributed by atoms with Crippen LogP contribution in [0, 0.1) is 20.2 Å².